The van der Waals surface area contributed by atoms with Gasteiger partial charge < -0.3 is 18.4 Å². The Balaban J connectivity index is 1.18. The summed E-state index contributed by atoms with van der Waals surface area (Å²) in [5.74, 6) is 1.85. The summed E-state index contributed by atoms with van der Waals surface area (Å²) in [7, 11) is -3.78. The second-order valence-electron chi connectivity index (χ2n) is 18.5. The van der Waals surface area contributed by atoms with Crippen molar-refractivity contribution in [1.29, 1.82) is 0 Å². The third-order valence-corrected chi connectivity index (χ3v) is 21.2. The monoisotopic (exact) mass is 732 g/mol. The molecule has 0 N–H and O–H groups in total. The van der Waals surface area contributed by atoms with Gasteiger partial charge in [-0.3, -0.25) is 0 Å². The van der Waals surface area contributed by atoms with E-state index in [1.165, 1.54) is 0 Å². The maximum atomic E-state index is 12.6. The fourth-order valence-corrected chi connectivity index (χ4v) is 8.75. The second kappa shape index (κ2) is 14.9. The van der Waals surface area contributed by atoms with Crippen molar-refractivity contribution in [1.82, 2.24) is 0 Å². The Labute approximate surface area is 315 Å². The smallest absolute Gasteiger partial charge is 0.250 e. The molecule has 276 valence electrons. The molecule has 1 aliphatic carbocycles. The zero-order chi connectivity index (χ0) is 38.0. The summed E-state index contributed by atoms with van der Waals surface area (Å²) in [6.45, 7) is 22.6. The quantitative estimate of drug-likeness (QED) is 0.107. The van der Waals surface area contributed by atoms with Crippen LogP contribution < -0.4 is 8.85 Å². The highest BCUT2D eigenvalue weighted by Gasteiger charge is 2.43. The lowest BCUT2D eigenvalue weighted by Gasteiger charge is -2.41. The largest absolute Gasteiger partial charge is 0.544 e. The Morgan fingerprint density at radius 3 is 0.962 bits per heavy atom. The van der Waals surface area contributed by atoms with Crippen molar-refractivity contribution in [2.75, 3.05) is 0 Å². The standard InChI is InChI=1S/C46H60O4Si2/c1-43(2,3)51(7,8)49-41-23-19-39(20-24-41)37-15-11-35(12-16-37)31-45(33-47)27-29-46(34-48,30-28-45)32-36-13-17-38(18-14-36)40-21-25-42(26-22-40)50-52(9,10)44(4,5)6/h11-26,33-34H,27-32H2,1-10H3. The molecule has 0 radical (unpaired) electrons. The zero-order valence-corrected chi connectivity index (χ0v) is 35.3. The molecule has 1 fully saturated rings. The van der Waals surface area contributed by atoms with Crippen LogP contribution in [0.25, 0.3) is 22.3 Å². The fraction of sp³-hybridized carbons (Fsp3) is 0.435. The number of hydrogen-bond donors (Lipinski definition) is 0. The number of hydrogen-bond acceptors (Lipinski definition) is 4. The summed E-state index contributed by atoms with van der Waals surface area (Å²) in [5.41, 5.74) is 6.00. The van der Waals surface area contributed by atoms with Gasteiger partial charge in [0.1, 0.15) is 24.1 Å². The average Bonchev–Trinajstić information content (AvgIpc) is 3.09. The summed E-state index contributed by atoms with van der Waals surface area (Å²) < 4.78 is 12.9. The summed E-state index contributed by atoms with van der Waals surface area (Å²) in [6, 6.07) is 34.0. The zero-order valence-electron chi connectivity index (χ0n) is 33.3. The summed E-state index contributed by atoms with van der Waals surface area (Å²) >= 11 is 0. The van der Waals surface area contributed by atoms with Gasteiger partial charge in [-0.05, 0) is 132 Å². The Morgan fingerprint density at radius 2 is 0.731 bits per heavy atom. The van der Waals surface area contributed by atoms with E-state index in [2.05, 4.69) is 165 Å². The Bertz CT molecular complexity index is 1660. The maximum absolute atomic E-state index is 12.6. The third kappa shape index (κ3) is 9.06. The first-order valence-electron chi connectivity index (χ1n) is 19.0. The van der Waals surface area contributed by atoms with Gasteiger partial charge in [-0.2, -0.15) is 0 Å². The van der Waals surface area contributed by atoms with Gasteiger partial charge in [-0.25, -0.2) is 0 Å². The second-order valence-corrected chi connectivity index (χ2v) is 27.9. The SMILES string of the molecule is CC(C)(C)[Si](C)(C)Oc1ccc(-c2ccc(CC3(C=O)CCC(C=O)(Cc4ccc(-c5ccc(O[Si](C)(C)C(C)(C)C)cc5)cc4)CC3)cc2)cc1. The number of benzene rings is 4. The van der Waals surface area contributed by atoms with E-state index in [1.807, 2.05) is 0 Å². The molecule has 0 aliphatic heterocycles. The van der Waals surface area contributed by atoms with Crippen LogP contribution in [0.1, 0.15) is 78.4 Å². The van der Waals surface area contributed by atoms with Crippen molar-refractivity contribution in [3.05, 3.63) is 108 Å². The Morgan fingerprint density at radius 1 is 0.481 bits per heavy atom. The van der Waals surface area contributed by atoms with E-state index in [9.17, 15) is 9.59 Å². The van der Waals surface area contributed by atoms with Gasteiger partial charge in [0.25, 0.3) is 0 Å². The van der Waals surface area contributed by atoms with Gasteiger partial charge >= 0.3 is 0 Å². The van der Waals surface area contributed by atoms with E-state index in [0.717, 1.165) is 57.5 Å². The molecule has 6 heteroatoms. The van der Waals surface area contributed by atoms with Crippen molar-refractivity contribution in [3.8, 4) is 33.8 Å². The molecule has 0 atom stereocenters. The number of carbonyl (C=O) groups excluding carboxylic acids is 2. The lowest BCUT2D eigenvalue weighted by molar-refractivity contribution is -0.125. The molecule has 0 spiro atoms. The first-order chi connectivity index (χ1) is 24.3. The molecule has 0 amide bonds. The molecule has 4 aromatic rings. The number of rotatable bonds is 12. The lowest BCUT2D eigenvalue weighted by Crippen LogP contribution is -2.43. The molecule has 0 bridgehead atoms. The van der Waals surface area contributed by atoms with Crippen LogP contribution in [0.3, 0.4) is 0 Å². The molecule has 1 saturated carbocycles. The predicted molar refractivity (Wildman–Crippen MR) is 222 cm³/mol. The fourth-order valence-electron chi connectivity index (χ4n) is 6.69. The lowest BCUT2D eigenvalue weighted by atomic mass is 9.61. The molecule has 0 unspecified atom stereocenters. The molecule has 4 aromatic carbocycles. The van der Waals surface area contributed by atoms with Crippen molar-refractivity contribution < 1.29 is 18.4 Å². The van der Waals surface area contributed by atoms with E-state index < -0.39 is 27.5 Å². The van der Waals surface area contributed by atoms with Gasteiger partial charge in [0.15, 0.2) is 0 Å². The van der Waals surface area contributed by atoms with E-state index in [0.29, 0.717) is 38.5 Å². The van der Waals surface area contributed by atoms with Crippen molar-refractivity contribution in [2.24, 2.45) is 10.8 Å². The van der Waals surface area contributed by atoms with Crippen LogP contribution in [0.2, 0.25) is 36.3 Å². The molecule has 1 aliphatic rings. The Hall–Kier alpha value is -3.75. The van der Waals surface area contributed by atoms with E-state index in [-0.39, 0.29) is 10.1 Å². The summed E-state index contributed by atoms with van der Waals surface area (Å²) in [5, 5.41) is 0.297. The van der Waals surface area contributed by atoms with Crippen molar-refractivity contribution >= 4 is 29.2 Å². The van der Waals surface area contributed by atoms with Crippen LogP contribution in [-0.2, 0) is 22.4 Å². The minimum atomic E-state index is -1.89. The van der Waals surface area contributed by atoms with Gasteiger partial charge in [0.2, 0.25) is 16.6 Å². The molecule has 0 saturated heterocycles. The molecule has 5 rings (SSSR count). The summed E-state index contributed by atoms with van der Waals surface area (Å²) in [4.78, 5) is 25.3. The number of aldehydes is 2. The molecular weight excluding hydrogens is 673 g/mol. The van der Waals surface area contributed by atoms with Crippen LogP contribution in [0, 0.1) is 10.8 Å². The van der Waals surface area contributed by atoms with Crippen LogP contribution in [-0.4, -0.2) is 29.2 Å². The molecule has 4 nitrogen and oxygen atoms in total. The van der Waals surface area contributed by atoms with Crippen LogP contribution in [0.4, 0.5) is 0 Å². The van der Waals surface area contributed by atoms with Crippen LogP contribution >= 0.6 is 0 Å². The normalized spacial score (nSPS) is 19.9. The van der Waals surface area contributed by atoms with E-state index in [4.69, 9.17) is 8.85 Å². The predicted octanol–water partition coefficient (Wildman–Crippen LogP) is 12.5. The first-order valence-corrected chi connectivity index (χ1v) is 24.8. The van der Waals surface area contributed by atoms with E-state index >= 15 is 0 Å². The van der Waals surface area contributed by atoms with Crippen LogP contribution in [0.5, 0.6) is 11.5 Å². The molecular formula is C46H60O4Si2. The highest BCUT2D eigenvalue weighted by molar-refractivity contribution is 6.75. The van der Waals surface area contributed by atoms with Crippen LogP contribution in [0.15, 0.2) is 97.1 Å². The molecule has 52 heavy (non-hydrogen) atoms. The minimum Gasteiger partial charge on any atom is -0.544 e. The van der Waals surface area contributed by atoms with Crippen molar-refractivity contribution in [3.63, 3.8) is 0 Å². The highest BCUT2D eigenvalue weighted by Crippen LogP contribution is 2.47. The first kappa shape index (κ1) is 39.5. The topological polar surface area (TPSA) is 52.6 Å². The maximum Gasteiger partial charge on any atom is 0.250 e. The Kier molecular flexibility index (Phi) is 11.3. The molecule has 0 aromatic heterocycles. The van der Waals surface area contributed by atoms with Gasteiger partial charge in [-0.15, -0.1) is 0 Å². The highest BCUT2D eigenvalue weighted by atomic mass is 28.4. The van der Waals surface area contributed by atoms with Crippen molar-refractivity contribution in [2.45, 2.75) is 116 Å². The average molecular weight is 733 g/mol. The third-order valence-electron chi connectivity index (χ3n) is 12.5. The van der Waals surface area contributed by atoms with Gasteiger partial charge in [-0.1, -0.05) is 114 Å². The van der Waals surface area contributed by atoms with Gasteiger partial charge in [0.05, 0.1) is 0 Å². The van der Waals surface area contributed by atoms with Gasteiger partial charge in [0, 0.05) is 10.8 Å². The van der Waals surface area contributed by atoms with E-state index in [1.54, 1.807) is 0 Å². The number of carbonyl (C=O) groups is 2. The summed E-state index contributed by atoms with van der Waals surface area (Å²) in [6.07, 6.45) is 6.57. The molecule has 0 heterocycles. The minimum absolute atomic E-state index is 0.149.